The molecule has 1 amide bonds. The molecule has 1 aliphatic heterocycles. The summed E-state index contributed by atoms with van der Waals surface area (Å²) in [6, 6.07) is 6.01. The zero-order valence-corrected chi connectivity index (χ0v) is 11.8. The molecule has 11 heteroatoms. The van der Waals surface area contributed by atoms with Crippen LogP contribution in [0.1, 0.15) is 22.1 Å². The molecule has 24 heavy (non-hydrogen) atoms. The molecule has 1 N–H and O–H groups in total. The van der Waals surface area contributed by atoms with Gasteiger partial charge in [-0.15, -0.1) is 5.11 Å². The Bertz CT molecular complexity index is 864. The Morgan fingerprint density at radius 1 is 1.12 bits per heavy atom. The third-order valence-electron chi connectivity index (χ3n) is 3.23. The lowest BCUT2D eigenvalue weighted by molar-refractivity contribution is -0.394. The smallest absolute Gasteiger partial charge is 0.277 e. The van der Waals surface area contributed by atoms with E-state index < -0.39 is 33.3 Å². The van der Waals surface area contributed by atoms with Gasteiger partial charge in [0.1, 0.15) is 0 Å². The summed E-state index contributed by atoms with van der Waals surface area (Å²) in [7, 11) is 0. The van der Waals surface area contributed by atoms with E-state index in [1.807, 2.05) is 0 Å². The van der Waals surface area contributed by atoms with E-state index in [0.29, 0.717) is 11.4 Å². The van der Waals surface area contributed by atoms with E-state index in [1.54, 1.807) is 12.1 Å². The van der Waals surface area contributed by atoms with Crippen molar-refractivity contribution in [2.75, 3.05) is 0 Å². The summed E-state index contributed by atoms with van der Waals surface area (Å²) in [4.78, 5) is 36.4. The Morgan fingerprint density at radius 2 is 1.79 bits per heavy atom. The highest BCUT2D eigenvalue weighted by Crippen LogP contribution is 2.32. The normalized spacial score (nSPS) is 14.9. The van der Waals surface area contributed by atoms with Gasteiger partial charge in [-0.2, -0.15) is 5.11 Å². The first kappa shape index (κ1) is 15.1. The molecule has 0 bridgehead atoms. The van der Waals surface area contributed by atoms with E-state index in [2.05, 4.69) is 20.5 Å². The quantitative estimate of drug-likeness (QED) is 0.671. The van der Waals surface area contributed by atoms with Crippen LogP contribution in [-0.2, 0) is 0 Å². The van der Waals surface area contributed by atoms with Crippen LogP contribution in [0.3, 0.4) is 0 Å². The summed E-state index contributed by atoms with van der Waals surface area (Å²) in [5.74, 6) is -0.393. The molecular weight excluding hydrogens is 320 g/mol. The van der Waals surface area contributed by atoms with Crippen molar-refractivity contribution in [3.8, 4) is 0 Å². The fraction of sp³-hybridized carbons (Fsp3) is 0.0769. The number of rotatable bonds is 4. The summed E-state index contributed by atoms with van der Waals surface area (Å²) in [6.07, 6.45) is 0.714. The Hall–Kier alpha value is -3.76. The van der Waals surface area contributed by atoms with Crippen molar-refractivity contribution in [2.45, 2.75) is 6.17 Å². The van der Waals surface area contributed by atoms with Gasteiger partial charge in [0.2, 0.25) is 0 Å². The highest BCUT2D eigenvalue weighted by atomic mass is 16.6. The Kier molecular flexibility index (Phi) is 3.66. The van der Waals surface area contributed by atoms with Crippen molar-refractivity contribution in [1.29, 1.82) is 0 Å². The van der Waals surface area contributed by atoms with Crippen LogP contribution in [0.15, 0.2) is 46.8 Å². The van der Waals surface area contributed by atoms with Crippen LogP contribution in [0.25, 0.3) is 0 Å². The molecule has 1 aromatic heterocycles. The van der Waals surface area contributed by atoms with Crippen LogP contribution >= 0.6 is 0 Å². The fourth-order valence-corrected chi connectivity index (χ4v) is 2.13. The van der Waals surface area contributed by atoms with Crippen molar-refractivity contribution in [1.82, 2.24) is 10.3 Å². The van der Waals surface area contributed by atoms with E-state index >= 15 is 0 Å². The van der Waals surface area contributed by atoms with Crippen LogP contribution < -0.4 is 5.32 Å². The van der Waals surface area contributed by atoms with E-state index in [-0.39, 0.29) is 5.56 Å². The molecule has 1 aromatic carbocycles. The van der Waals surface area contributed by atoms with Gasteiger partial charge in [0.25, 0.3) is 17.3 Å². The average molecular weight is 328 g/mol. The van der Waals surface area contributed by atoms with Gasteiger partial charge in [0, 0.05) is 23.9 Å². The molecule has 0 spiro atoms. The molecule has 2 heterocycles. The summed E-state index contributed by atoms with van der Waals surface area (Å²) < 4.78 is 0. The number of nitro groups is 2. The predicted molar refractivity (Wildman–Crippen MR) is 78.7 cm³/mol. The van der Waals surface area contributed by atoms with E-state index in [0.717, 1.165) is 18.2 Å². The minimum atomic E-state index is -0.807. The lowest BCUT2D eigenvalue weighted by atomic mass is 10.1. The third-order valence-corrected chi connectivity index (χ3v) is 3.23. The number of pyridine rings is 1. The number of fused-ring (bicyclic) bond motifs is 1. The maximum atomic E-state index is 12.3. The molecule has 120 valence electrons. The van der Waals surface area contributed by atoms with Gasteiger partial charge in [-0.05, 0) is 12.1 Å². The predicted octanol–water partition coefficient (Wildman–Crippen LogP) is 2.42. The maximum Gasteiger partial charge on any atom is 0.277 e. The summed E-state index contributed by atoms with van der Waals surface area (Å²) in [6.45, 7) is 0. The monoisotopic (exact) mass is 328 g/mol. The molecular formula is C13H8N6O5. The van der Waals surface area contributed by atoms with Crippen molar-refractivity contribution in [3.63, 3.8) is 0 Å². The number of amides is 1. The number of aromatic nitrogens is 1. The minimum Gasteiger partial charge on any atom is -0.325 e. The van der Waals surface area contributed by atoms with Crippen LogP contribution in [0.4, 0.5) is 17.2 Å². The number of hydrogen-bond acceptors (Lipinski definition) is 8. The second-order valence-corrected chi connectivity index (χ2v) is 4.76. The molecule has 1 unspecified atom stereocenters. The summed E-state index contributed by atoms with van der Waals surface area (Å²) in [5, 5.41) is 31.9. The fourth-order valence-electron chi connectivity index (χ4n) is 2.13. The zero-order valence-electron chi connectivity index (χ0n) is 11.8. The van der Waals surface area contributed by atoms with Crippen molar-refractivity contribution < 1.29 is 14.6 Å². The largest absolute Gasteiger partial charge is 0.325 e. The first-order valence-corrected chi connectivity index (χ1v) is 6.56. The first-order valence-electron chi connectivity index (χ1n) is 6.56. The Balaban J connectivity index is 1.89. The number of nitrogens with one attached hydrogen (secondary N) is 1. The molecule has 1 aliphatic rings. The van der Waals surface area contributed by atoms with Crippen LogP contribution in [0, 0.1) is 20.2 Å². The molecule has 0 aliphatic carbocycles. The standard InChI is InChI=1S/C13H8N6O5/c20-13(15-12-10-2-1-3-14-11(10)16-17-12)7-4-8(18(21)22)6-9(5-7)19(23)24/h1-6,12H,(H,15,20). The number of azo groups is 1. The second kappa shape index (κ2) is 5.79. The van der Waals surface area contributed by atoms with Crippen LogP contribution in [-0.4, -0.2) is 20.7 Å². The lowest BCUT2D eigenvalue weighted by Crippen LogP contribution is -2.26. The Labute approximate surface area is 133 Å². The van der Waals surface area contributed by atoms with Gasteiger partial charge in [0.15, 0.2) is 12.0 Å². The van der Waals surface area contributed by atoms with Gasteiger partial charge < -0.3 is 5.32 Å². The number of non-ortho nitro benzene ring substituents is 2. The highest BCUT2D eigenvalue weighted by molar-refractivity contribution is 5.96. The van der Waals surface area contributed by atoms with Crippen LogP contribution in [0.2, 0.25) is 0 Å². The van der Waals surface area contributed by atoms with Crippen molar-refractivity contribution in [2.24, 2.45) is 10.2 Å². The van der Waals surface area contributed by atoms with Crippen LogP contribution in [0.5, 0.6) is 0 Å². The highest BCUT2D eigenvalue weighted by Gasteiger charge is 2.25. The Morgan fingerprint density at radius 3 is 2.42 bits per heavy atom. The number of hydrogen-bond donors (Lipinski definition) is 1. The minimum absolute atomic E-state index is 0.219. The number of carbonyl (C=O) groups excluding carboxylic acids is 1. The number of nitro benzene ring substituents is 2. The van der Waals surface area contributed by atoms with Crippen molar-refractivity contribution in [3.05, 3.63) is 67.9 Å². The third kappa shape index (κ3) is 2.77. The molecule has 11 nitrogen and oxygen atoms in total. The molecule has 0 saturated carbocycles. The van der Waals surface area contributed by atoms with Gasteiger partial charge in [-0.25, -0.2) is 4.98 Å². The van der Waals surface area contributed by atoms with E-state index in [1.165, 1.54) is 6.20 Å². The summed E-state index contributed by atoms with van der Waals surface area (Å²) >= 11 is 0. The van der Waals surface area contributed by atoms with Gasteiger partial charge in [-0.1, -0.05) is 0 Å². The van der Waals surface area contributed by atoms with Gasteiger partial charge in [0.05, 0.1) is 21.5 Å². The number of benzene rings is 1. The average Bonchev–Trinajstić information content (AvgIpc) is 2.97. The molecule has 3 rings (SSSR count). The molecule has 2 aromatic rings. The van der Waals surface area contributed by atoms with Gasteiger partial charge in [-0.3, -0.25) is 25.0 Å². The second-order valence-electron chi connectivity index (χ2n) is 4.76. The molecule has 0 fully saturated rings. The zero-order chi connectivity index (χ0) is 17.3. The van der Waals surface area contributed by atoms with E-state index in [4.69, 9.17) is 0 Å². The van der Waals surface area contributed by atoms with Crippen molar-refractivity contribution >= 4 is 23.1 Å². The number of carbonyl (C=O) groups is 1. The topological polar surface area (TPSA) is 153 Å². The SMILES string of the molecule is O=C(NC1N=Nc2ncccc21)c1cc([N+](=O)[O-])cc([N+](=O)[O-])c1. The lowest BCUT2D eigenvalue weighted by Gasteiger charge is -2.10. The first-order chi connectivity index (χ1) is 11.5. The molecule has 1 atom stereocenters. The molecule has 0 saturated heterocycles. The van der Waals surface area contributed by atoms with Gasteiger partial charge >= 0.3 is 0 Å². The molecule has 0 radical (unpaired) electrons. The number of nitrogens with zero attached hydrogens (tertiary/aromatic N) is 5. The van der Waals surface area contributed by atoms with E-state index in [9.17, 15) is 25.0 Å². The summed E-state index contributed by atoms with van der Waals surface area (Å²) in [5.41, 5.74) is -0.761. The maximum absolute atomic E-state index is 12.3.